The van der Waals surface area contributed by atoms with E-state index in [1.54, 1.807) is 17.0 Å². The third kappa shape index (κ3) is 4.64. The van der Waals surface area contributed by atoms with Gasteiger partial charge in [0.15, 0.2) is 0 Å². The second kappa shape index (κ2) is 9.43. The fourth-order valence-electron chi connectivity index (χ4n) is 4.06. The number of nitrogens with zero attached hydrogens (tertiary/aromatic N) is 1. The van der Waals surface area contributed by atoms with Crippen molar-refractivity contribution in [2.45, 2.75) is 38.1 Å². The summed E-state index contributed by atoms with van der Waals surface area (Å²) in [5.74, 6) is -1.34. The molecule has 1 heterocycles. The lowest BCUT2D eigenvalue weighted by molar-refractivity contribution is 0.0703. The van der Waals surface area contributed by atoms with E-state index in [1.165, 1.54) is 17.4 Å². The summed E-state index contributed by atoms with van der Waals surface area (Å²) < 4.78 is 0. The van der Waals surface area contributed by atoms with Crippen LogP contribution < -0.4 is 4.90 Å². The molecule has 0 bridgehead atoms. The van der Waals surface area contributed by atoms with Crippen LogP contribution in [-0.2, 0) is 0 Å². The maximum atomic E-state index is 13.7. The van der Waals surface area contributed by atoms with Crippen LogP contribution in [0.15, 0.2) is 54.6 Å². The largest absolute Gasteiger partial charge is 0.477 e. The highest BCUT2D eigenvalue weighted by Gasteiger charge is 2.33. The van der Waals surface area contributed by atoms with Crippen LogP contribution in [0.4, 0.5) is 5.69 Å². The molecule has 0 aliphatic heterocycles. The number of aromatic carboxylic acids is 1. The topological polar surface area (TPSA) is 57.6 Å². The van der Waals surface area contributed by atoms with E-state index in [9.17, 15) is 14.7 Å². The predicted octanol–water partition coefficient (Wildman–Crippen LogP) is 7.40. The second-order valence-corrected chi connectivity index (χ2v) is 9.48. The molecule has 0 spiro atoms. The molecular formula is C24H21Cl2NO3S. The number of carboxylic acids is 1. The molecule has 1 aliphatic rings. The maximum absolute atomic E-state index is 13.7. The number of carbonyl (C=O) groups excluding carboxylic acids is 1. The van der Waals surface area contributed by atoms with E-state index in [4.69, 9.17) is 23.2 Å². The first-order valence-electron chi connectivity index (χ1n) is 10.2. The molecule has 1 saturated carbocycles. The molecule has 1 fully saturated rings. The number of benzene rings is 2. The molecule has 3 aromatic rings. The molecule has 1 aliphatic carbocycles. The quantitative estimate of drug-likeness (QED) is 0.419. The molecule has 1 amide bonds. The van der Waals surface area contributed by atoms with Crippen molar-refractivity contribution in [1.29, 1.82) is 0 Å². The van der Waals surface area contributed by atoms with Crippen LogP contribution in [0.3, 0.4) is 0 Å². The molecule has 0 saturated heterocycles. The van der Waals surface area contributed by atoms with Crippen LogP contribution in [-0.4, -0.2) is 23.0 Å². The van der Waals surface area contributed by atoms with Crippen molar-refractivity contribution >= 4 is 52.1 Å². The molecular weight excluding hydrogens is 453 g/mol. The smallest absolute Gasteiger partial charge is 0.348 e. The minimum atomic E-state index is -1.04. The maximum Gasteiger partial charge on any atom is 0.348 e. The van der Waals surface area contributed by atoms with Crippen molar-refractivity contribution in [3.8, 4) is 10.4 Å². The highest BCUT2D eigenvalue weighted by atomic mass is 35.5. The highest BCUT2D eigenvalue weighted by molar-refractivity contribution is 7.18. The van der Waals surface area contributed by atoms with Gasteiger partial charge in [0.1, 0.15) is 4.88 Å². The lowest BCUT2D eigenvalue weighted by Gasteiger charge is -2.34. The van der Waals surface area contributed by atoms with Gasteiger partial charge in [0, 0.05) is 15.9 Å². The van der Waals surface area contributed by atoms with E-state index in [0.29, 0.717) is 16.3 Å². The lowest BCUT2D eigenvalue weighted by atomic mass is 9.93. The average molecular weight is 474 g/mol. The normalized spacial score (nSPS) is 14.4. The molecule has 0 atom stereocenters. The van der Waals surface area contributed by atoms with Crippen molar-refractivity contribution in [3.63, 3.8) is 0 Å². The van der Waals surface area contributed by atoms with Gasteiger partial charge in [0.05, 0.1) is 16.3 Å². The summed E-state index contributed by atoms with van der Waals surface area (Å²) in [4.78, 5) is 28.5. The van der Waals surface area contributed by atoms with Gasteiger partial charge in [-0.2, -0.15) is 0 Å². The van der Waals surface area contributed by atoms with Crippen LogP contribution >= 0.6 is 34.5 Å². The fraction of sp³-hybridized carbons (Fsp3) is 0.250. The Kier molecular flexibility index (Phi) is 6.65. The molecule has 31 heavy (non-hydrogen) atoms. The number of carbonyl (C=O) groups is 2. The van der Waals surface area contributed by atoms with Crippen LogP contribution in [0.5, 0.6) is 0 Å². The zero-order valence-electron chi connectivity index (χ0n) is 16.7. The second-order valence-electron chi connectivity index (χ2n) is 7.59. The van der Waals surface area contributed by atoms with Crippen molar-refractivity contribution < 1.29 is 14.7 Å². The Hall–Kier alpha value is -2.34. The number of carboxylic acid groups (broad SMARTS) is 1. The summed E-state index contributed by atoms with van der Waals surface area (Å²) in [6, 6.07) is 16.1. The van der Waals surface area contributed by atoms with Crippen LogP contribution in [0, 0.1) is 0 Å². The Balaban J connectivity index is 1.84. The zero-order chi connectivity index (χ0) is 22.0. The van der Waals surface area contributed by atoms with Crippen molar-refractivity contribution in [2.24, 2.45) is 0 Å². The van der Waals surface area contributed by atoms with Gasteiger partial charge in [-0.15, -0.1) is 11.3 Å². The van der Waals surface area contributed by atoms with Gasteiger partial charge in [-0.05, 0) is 42.7 Å². The highest BCUT2D eigenvalue weighted by Crippen LogP contribution is 2.40. The van der Waals surface area contributed by atoms with Gasteiger partial charge in [0.25, 0.3) is 5.91 Å². The fourth-order valence-corrected chi connectivity index (χ4v) is 5.54. The summed E-state index contributed by atoms with van der Waals surface area (Å²) in [5.41, 5.74) is 1.67. The summed E-state index contributed by atoms with van der Waals surface area (Å²) in [7, 11) is 0. The van der Waals surface area contributed by atoms with Gasteiger partial charge in [-0.3, -0.25) is 4.79 Å². The molecule has 7 heteroatoms. The van der Waals surface area contributed by atoms with Crippen LogP contribution in [0.25, 0.3) is 10.4 Å². The molecule has 0 radical (unpaired) electrons. The van der Waals surface area contributed by atoms with Crippen LogP contribution in [0.1, 0.15) is 52.1 Å². The Labute approximate surface area is 195 Å². The third-order valence-electron chi connectivity index (χ3n) is 5.54. The summed E-state index contributed by atoms with van der Waals surface area (Å²) in [6.45, 7) is 0. The standard InChI is InChI=1S/C24H21Cl2NO3S/c25-16-11-12-18(19(26)13-16)23(28)27(17-9-5-2-6-10-17)20-14-21(31-22(20)24(29)30)15-7-3-1-4-8-15/h1,3-4,7-8,11-14,17H,2,5-6,9-10H2,(H,29,30). The summed E-state index contributed by atoms with van der Waals surface area (Å²) >= 11 is 13.6. The van der Waals surface area contributed by atoms with Gasteiger partial charge in [-0.1, -0.05) is 72.8 Å². The summed E-state index contributed by atoms with van der Waals surface area (Å²) in [5, 5.41) is 10.6. The first kappa shape index (κ1) is 21.9. The monoisotopic (exact) mass is 473 g/mol. The van der Waals surface area contributed by atoms with E-state index < -0.39 is 5.97 Å². The number of hydrogen-bond donors (Lipinski definition) is 1. The molecule has 0 unspecified atom stereocenters. The van der Waals surface area contributed by atoms with E-state index >= 15 is 0 Å². The third-order valence-corrected chi connectivity index (χ3v) is 7.25. The number of amides is 1. The zero-order valence-corrected chi connectivity index (χ0v) is 19.0. The Bertz CT molecular complexity index is 1110. The summed E-state index contributed by atoms with van der Waals surface area (Å²) in [6.07, 6.45) is 4.77. The molecule has 1 aromatic heterocycles. The minimum absolute atomic E-state index is 0.0793. The predicted molar refractivity (Wildman–Crippen MR) is 127 cm³/mol. The molecule has 160 valence electrons. The van der Waals surface area contributed by atoms with Gasteiger partial charge in [0.2, 0.25) is 0 Å². The number of hydrogen-bond acceptors (Lipinski definition) is 3. The first-order chi connectivity index (χ1) is 15.0. The number of halogens is 2. The Morgan fingerprint density at radius 2 is 1.68 bits per heavy atom. The van der Waals surface area contributed by atoms with Crippen molar-refractivity contribution in [3.05, 3.63) is 75.1 Å². The van der Waals surface area contributed by atoms with Gasteiger partial charge >= 0.3 is 5.97 Å². The molecule has 2 aromatic carbocycles. The minimum Gasteiger partial charge on any atom is -0.477 e. The number of thiophene rings is 1. The van der Waals surface area contributed by atoms with E-state index in [2.05, 4.69) is 0 Å². The van der Waals surface area contributed by atoms with Crippen molar-refractivity contribution in [1.82, 2.24) is 0 Å². The first-order valence-corrected chi connectivity index (χ1v) is 11.7. The lowest BCUT2D eigenvalue weighted by Crippen LogP contribution is -2.42. The van der Waals surface area contributed by atoms with Crippen molar-refractivity contribution in [2.75, 3.05) is 4.90 Å². The van der Waals surface area contributed by atoms with E-state index in [1.807, 2.05) is 36.4 Å². The van der Waals surface area contributed by atoms with Gasteiger partial charge in [-0.25, -0.2) is 4.79 Å². The molecule has 4 nitrogen and oxygen atoms in total. The Morgan fingerprint density at radius 3 is 2.32 bits per heavy atom. The van der Waals surface area contributed by atoms with Crippen LogP contribution in [0.2, 0.25) is 10.0 Å². The van der Waals surface area contributed by atoms with E-state index in [0.717, 1.165) is 42.5 Å². The van der Waals surface area contributed by atoms with E-state index in [-0.39, 0.29) is 21.8 Å². The number of rotatable bonds is 5. The van der Waals surface area contributed by atoms with Gasteiger partial charge < -0.3 is 10.0 Å². The Morgan fingerprint density at radius 1 is 0.968 bits per heavy atom. The molecule has 1 N–H and O–H groups in total. The average Bonchev–Trinajstić information content (AvgIpc) is 3.20. The number of anilines is 1. The SMILES string of the molecule is O=C(O)c1sc(-c2ccccc2)cc1N(C(=O)c1ccc(Cl)cc1Cl)C1CCCCC1. The molecule has 4 rings (SSSR count).